The van der Waals surface area contributed by atoms with Crippen LogP contribution in [0.25, 0.3) is 0 Å². The molecule has 1 aromatic carbocycles. The molecule has 4 heteroatoms. The highest BCUT2D eigenvalue weighted by Gasteiger charge is 2.09. The number of aryl methyl sites for hydroxylation is 2. The van der Waals surface area contributed by atoms with Crippen LogP contribution in [0.4, 0.5) is 0 Å². The second-order valence-electron chi connectivity index (χ2n) is 5.92. The Kier molecular flexibility index (Phi) is 10.6. The van der Waals surface area contributed by atoms with Gasteiger partial charge in [-0.15, -0.1) is 0 Å². The molecule has 0 bridgehead atoms. The topological polar surface area (TPSA) is 52.6 Å². The Labute approximate surface area is 145 Å². The van der Waals surface area contributed by atoms with Crippen molar-refractivity contribution in [2.75, 3.05) is 13.2 Å². The number of carbonyl (C=O) groups is 2. The van der Waals surface area contributed by atoms with Crippen molar-refractivity contribution in [1.82, 2.24) is 0 Å². The van der Waals surface area contributed by atoms with Gasteiger partial charge in [0.25, 0.3) is 0 Å². The SMILES string of the molecule is CCCCOC(=O)CCc1ccccc1CCC(=O)OCCCC. The van der Waals surface area contributed by atoms with Crippen molar-refractivity contribution in [1.29, 1.82) is 0 Å². The quantitative estimate of drug-likeness (QED) is 0.424. The van der Waals surface area contributed by atoms with E-state index < -0.39 is 0 Å². The van der Waals surface area contributed by atoms with E-state index in [9.17, 15) is 9.59 Å². The predicted octanol–water partition coefficient (Wildman–Crippen LogP) is 4.24. The van der Waals surface area contributed by atoms with Crippen LogP contribution < -0.4 is 0 Å². The molecule has 0 unspecified atom stereocenters. The number of unbranched alkanes of at least 4 members (excludes halogenated alkanes) is 2. The van der Waals surface area contributed by atoms with Gasteiger partial charge in [0.1, 0.15) is 0 Å². The molecule has 0 atom stereocenters. The fourth-order valence-corrected chi connectivity index (χ4v) is 2.32. The summed E-state index contributed by atoms with van der Waals surface area (Å²) in [6.07, 6.45) is 5.89. The summed E-state index contributed by atoms with van der Waals surface area (Å²) in [6.45, 7) is 5.13. The Bertz CT molecular complexity index is 451. The average Bonchev–Trinajstić information content (AvgIpc) is 2.59. The second-order valence-corrected chi connectivity index (χ2v) is 5.92. The molecule has 134 valence electrons. The smallest absolute Gasteiger partial charge is 0.306 e. The highest BCUT2D eigenvalue weighted by atomic mass is 16.5. The number of carbonyl (C=O) groups excluding carboxylic acids is 2. The van der Waals surface area contributed by atoms with E-state index in [1.54, 1.807) is 0 Å². The normalized spacial score (nSPS) is 10.4. The first-order chi connectivity index (χ1) is 11.7. The highest BCUT2D eigenvalue weighted by Crippen LogP contribution is 2.14. The van der Waals surface area contributed by atoms with Gasteiger partial charge in [0, 0.05) is 12.8 Å². The van der Waals surface area contributed by atoms with Crippen molar-refractivity contribution in [3.05, 3.63) is 35.4 Å². The van der Waals surface area contributed by atoms with Crippen LogP contribution >= 0.6 is 0 Å². The summed E-state index contributed by atoms with van der Waals surface area (Å²) < 4.78 is 10.4. The average molecular weight is 334 g/mol. The minimum absolute atomic E-state index is 0.155. The summed E-state index contributed by atoms with van der Waals surface area (Å²) >= 11 is 0. The molecule has 0 saturated carbocycles. The first kappa shape index (κ1) is 20.2. The van der Waals surface area contributed by atoms with E-state index in [2.05, 4.69) is 13.8 Å². The molecule has 4 nitrogen and oxygen atoms in total. The minimum atomic E-state index is -0.155. The molecule has 0 N–H and O–H groups in total. The van der Waals surface area contributed by atoms with Crippen LogP contribution in [0.3, 0.4) is 0 Å². The van der Waals surface area contributed by atoms with Crippen molar-refractivity contribution in [2.24, 2.45) is 0 Å². The standard InChI is InChI=1S/C20H30O4/c1-3-5-15-23-19(21)13-11-17-9-7-8-10-18(17)12-14-20(22)24-16-6-4-2/h7-10H,3-6,11-16H2,1-2H3. The number of esters is 2. The van der Waals surface area contributed by atoms with E-state index >= 15 is 0 Å². The molecule has 0 amide bonds. The molecular formula is C20H30O4. The van der Waals surface area contributed by atoms with Gasteiger partial charge in [0.05, 0.1) is 13.2 Å². The van der Waals surface area contributed by atoms with Gasteiger partial charge in [0.15, 0.2) is 0 Å². The van der Waals surface area contributed by atoms with Crippen LogP contribution in [0.1, 0.15) is 63.5 Å². The van der Waals surface area contributed by atoms with Gasteiger partial charge < -0.3 is 9.47 Å². The first-order valence-corrected chi connectivity index (χ1v) is 9.05. The third-order valence-corrected chi connectivity index (χ3v) is 3.84. The predicted molar refractivity (Wildman–Crippen MR) is 94.8 cm³/mol. The fourth-order valence-electron chi connectivity index (χ4n) is 2.32. The maximum Gasteiger partial charge on any atom is 0.306 e. The van der Waals surface area contributed by atoms with Crippen LogP contribution in [0.5, 0.6) is 0 Å². The molecular weight excluding hydrogens is 304 g/mol. The van der Waals surface area contributed by atoms with E-state index in [0.717, 1.165) is 36.8 Å². The van der Waals surface area contributed by atoms with Gasteiger partial charge in [-0.2, -0.15) is 0 Å². The van der Waals surface area contributed by atoms with Gasteiger partial charge in [-0.1, -0.05) is 51.0 Å². The third kappa shape index (κ3) is 8.70. The zero-order valence-corrected chi connectivity index (χ0v) is 15.0. The molecule has 1 aromatic rings. The second kappa shape index (κ2) is 12.6. The lowest BCUT2D eigenvalue weighted by Gasteiger charge is -2.10. The largest absolute Gasteiger partial charge is 0.466 e. The molecule has 0 fully saturated rings. The van der Waals surface area contributed by atoms with Gasteiger partial charge in [-0.3, -0.25) is 9.59 Å². The summed E-state index contributed by atoms with van der Waals surface area (Å²) in [4.78, 5) is 23.4. The maximum atomic E-state index is 11.7. The lowest BCUT2D eigenvalue weighted by Crippen LogP contribution is -2.09. The Morgan fingerprint density at radius 2 is 1.21 bits per heavy atom. The minimum Gasteiger partial charge on any atom is -0.466 e. The highest BCUT2D eigenvalue weighted by molar-refractivity contribution is 5.70. The van der Waals surface area contributed by atoms with Crippen LogP contribution in [-0.2, 0) is 31.9 Å². The molecule has 0 aliphatic carbocycles. The van der Waals surface area contributed by atoms with E-state index in [4.69, 9.17) is 9.47 Å². The molecule has 0 aromatic heterocycles. The zero-order valence-electron chi connectivity index (χ0n) is 15.0. The van der Waals surface area contributed by atoms with Crippen molar-refractivity contribution < 1.29 is 19.1 Å². The van der Waals surface area contributed by atoms with E-state index in [1.165, 1.54) is 0 Å². The molecule has 0 spiro atoms. The summed E-state index contributed by atoms with van der Waals surface area (Å²) in [5, 5.41) is 0. The summed E-state index contributed by atoms with van der Waals surface area (Å²) in [7, 11) is 0. The number of ether oxygens (including phenoxy) is 2. The molecule has 0 radical (unpaired) electrons. The number of benzene rings is 1. The lowest BCUT2D eigenvalue weighted by molar-refractivity contribution is -0.144. The van der Waals surface area contributed by atoms with Gasteiger partial charge in [0.2, 0.25) is 0 Å². The van der Waals surface area contributed by atoms with Crippen LogP contribution in [-0.4, -0.2) is 25.2 Å². The number of rotatable bonds is 12. The molecule has 0 heterocycles. The van der Waals surface area contributed by atoms with Crippen LogP contribution in [0.15, 0.2) is 24.3 Å². The number of hydrogen-bond acceptors (Lipinski definition) is 4. The zero-order chi connectivity index (χ0) is 17.6. The Morgan fingerprint density at radius 3 is 1.58 bits per heavy atom. The molecule has 24 heavy (non-hydrogen) atoms. The van der Waals surface area contributed by atoms with Gasteiger partial charge in [-0.05, 0) is 36.8 Å². The first-order valence-electron chi connectivity index (χ1n) is 9.05. The number of hydrogen-bond donors (Lipinski definition) is 0. The van der Waals surface area contributed by atoms with Crippen molar-refractivity contribution >= 4 is 11.9 Å². The van der Waals surface area contributed by atoms with Crippen LogP contribution in [0.2, 0.25) is 0 Å². The molecule has 1 rings (SSSR count). The van der Waals surface area contributed by atoms with Gasteiger partial charge >= 0.3 is 11.9 Å². The molecule has 0 aliphatic heterocycles. The van der Waals surface area contributed by atoms with Crippen LogP contribution in [0, 0.1) is 0 Å². The third-order valence-electron chi connectivity index (χ3n) is 3.84. The monoisotopic (exact) mass is 334 g/mol. The summed E-state index contributed by atoms with van der Waals surface area (Å²) in [6, 6.07) is 7.94. The Morgan fingerprint density at radius 1 is 0.792 bits per heavy atom. The molecule has 0 saturated heterocycles. The Hall–Kier alpha value is -1.84. The summed E-state index contributed by atoms with van der Waals surface area (Å²) in [5.74, 6) is -0.311. The van der Waals surface area contributed by atoms with E-state index in [0.29, 0.717) is 38.9 Å². The summed E-state index contributed by atoms with van der Waals surface area (Å²) in [5.41, 5.74) is 2.21. The molecule has 0 aliphatic rings. The lowest BCUT2D eigenvalue weighted by atomic mass is 9.99. The Balaban J connectivity index is 2.41. The van der Waals surface area contributed by atoms with Crippen molar-refractivity contribution in [3.8, 4) is 0 Å². The maximum absolute atomic E-state index is 11.7. The fraction of sp³-hybridized carbons (Fsp3) is 0.600. The van der Waals surface area contributed by atoms with Gasteiger partial charge in [-0.25, -0.2) is 0 Å². The van der Waals surface area contributed by atoms with E-state index in [-0.39, 0.29) is 11.9 Å². The van der Waals surface area contributed by atoms with E-state index in [1.807, 2.05) is 24.3 Å². The van der Waals surface area contributed by atoms with Crippen molar-refractivity contribution in [3.63, 3.8) is 0 Å². The van der Waals surface area contributed by atoms with Crippen molar-refractivity contribution in [2.45, 2.75) is 65.2 Å².